The van der Waals surface area contributed by atoms with E-state index in [2.05, 4.69) is 0 Å². The molecule has 1 amide bonds. The summed E-state index contributed by atoms with van der Waals surface area (Å²) in [5.74, 6) is -0.104. The lowest BCUT2D eigenvalue weighted by Crippen LogP contribution is -2.47. The monoisotopic (exact) mass is 288 g/mol. The van der Waals surface area contributed by atoms with Crippen LogP contribution in [0.1, 0.15) is 19.8 Å². The van der Waals surface area contributed by atoms with Crippen LogP contribution in [-0.2, 0) is 4.79 Å². The van der Waals surface area contributed by atoms with Crippen LogP contribution in [0.25, 0.3) is 0 Å². The summed E-state index contributed by atoms with van der Waals surface area (Å²) in [6.07, 6.45) is 1.50. The highest BCUT2D eigenvalue weighted by atomic mass is 35.5. The number of carbonyl (C=O) groups excluding carboxylic acids is 1. The summed E-state index contributed by atoms with van der Waals surface area (Å²) in [6.45, 7) is 2.80. The third kappa shape index (κ3) is 3.36. The Bertz CT molecular complexity index is 456. The van der Waals surface area contributed by atoms with Gasteiger partial charge in [-0.3, -0.25) is 4.79 Å². The first-order chi connectivity index (χ1) is 8.63. The van der Waals surface area contributed by atoms with Crippen LogP contribution in [0.5, 0.6) is 5.75 Å². The lowest BCUT2D eigenvalue weighted by Gasteiger charge is -2.31. The number of hydrogen-bond donors (Lipinski definition) is 1. The summed E-state index contributed by atoms with van der Waals surface area (Å²) in [5.41, 5.74) is 6.44. The van der Waals surface area contributed by atoms with Gasteiger partial charge in [-0.15, -0.1) is 12.4 Å². The maximum atomic E-state index is 13.1. The quantitative estimate of drug-likeness (QED) is 0.927. The van der Waals surface area contributed by atoms with Gasteiger partial charge in [0, 0.05) is 6.07 Å². The molecule has 106 valence electrons. The van der Waals surface area contributed by atoms with Gasteiger partial charge in [-0.25, -0.2) is 4.39 Å². The minimum atomic E-state index is -0.508. The van der Waals surface area contributed by atoms with E-state index >= 15 is 0 Å². The lowest BCUT2D eigenvalue weighted by atomic mass is 10.1. The van der Waals surface area contributed by atoms with Crippen molar-refractivity contribution in [1.29, 1.82) is 0 Å². The van der Waals surface area contributed by atoms with Gasteiger partial charge in [0.05, 0.1) is 18.3 Å². The maximum absolute atomic E-state index is 13.1. The van der Waals surface area contributed by atoms with Crippen LogP contribution in [0.15, 0.2) is 18.2 Å². The number of anilines is 1. The van der Waals surface area contributed by atoms with Gasteiger partial charge in [0.1, 0.15) is 18.2 Å². The number of rotatable bonds is 3. The van der Waals surface area contributed by atoms with Crippen molar-refractivity contribution in [3.8, 4) is 5.75 Å². The topological polar surface area (TPSA) is 55.6 Å². The Hall–Kier alpha value is -1.33. The second-order valence-corrected chi connectivity index (χ2v) is 4.35. The van der Waals surface area contributed by atoms with E-state index < -0.39 is 6.04 Å². The maximum Gasteiger partial charge on any atom is 0.244 e. The highest BCUT2D eigenvalue weighted by Gasteiger charge is 2.27. The standard InChI is InChI=1S/C13H17FN2O2.ClH/c1-2-3-10(15)13(17)16-6-7-18-12-8-9(14)4-5-11(12)16;/h4-5,8,10H,2-3,6-7,15H2,1H3;1H. The molecule has 1 aliphatic rings. The molecular weight excluding hydrogens is 271 g/mol. The number of benzene rings is 1. The summed E-state index contributed by atoms with van der Waals surface area (Å²) < 4.78 is 18.4. The molecule has 19 heavy (non-hydrogen) atoms. The number of nitrogens with two attached hydrogens (primary N) is 1. The van der Waals surface area contributed by atoms with E-state index in [0.717, 1.165) is 6.42 Å². The predicted octanol–water partition coefficient (Wildman–Crippen LogP) is 2.10. The zero-order valence-electron chi connectivity index (χ0n) is 10.8. The first kappa shape index (κ1) is 15.7. The van der Waals surface area contributed by atoms with Gasteiger partial charge in [0.2, 0.25) is 5.91 Å². The fourth-order valence-corrected chi connectivity index (χ4v) is 2.06. The molecule has 4 nitrogen and oxygen atoms in total. The average molecular weight is 289 g/mol. The van der Waals surface area contributed by atoms with Gasteiger partial charge in [-0.1, -0.05) is 13.3 Å². The normalized spacial score (nSPS) is 15.0. The Kier molecular flexibility index (Phi) is 5.57. The van der Waals surface area contributed by atoms with Crippen molar-refractivity contribution in [2.45, 2.75) is 25.8 Å². The molecule has 0 bridgehead atoms. The molecule has 0 radical (unpaired) electrons. The molecule has 0 aromatic heterocycles. The molecule has 6 heteroatoms. The molecule has 1 heterocycles. The van der Waals surface area contributed by atoms with Gasteiger partial charge >= 0.3 is 0 Å². The van der Waals surface area contributed by atoms with Crippen molar-refractivity contribution in [3.05, 3.63) is 24.0 Å². The van der Waals surface area contributed by atoms with Gasteiger partial charge in [-0.05, 0) is 18.6 Å². The molecule has 0 saturated carbocycles. The molecule has 2 rings (SSSR count). The van der Waals surface area contributed by atoms with E-state index in [0.29, 0.717) is 31.0 Å². The molecule has 0 spiro atoms. The molecule has 1 aliphatic heterocycles. The van der Waals surface area contributed by atoms with E-state index in [4.69, 9.17) is 10.5 Å². The third-order valence-corrected chi connectivity index (χ3v) is 2.97. The lowest BCUT2D eigenvalue weighted by molar-refractivity contribution is -0.120. The molecule has 2 N–H and O–H groups in total. The second kappa shape index (κ2) is 6.73. The molecule has 1 aromatic rings. The average Bonchev–Trinajstić information content (AvgIpc) is 2.37. The Labute approximate surface area is 118 Å². The number of halogens is 2. The van der Waals surface area contributed by atoms with Crippen LogP contribution in [0.2, 0.25) is 0 Å². The van der Waals surface area contributed by atoms with Crippen molar-refractivity contribution in [1.82, 2.24) is 0 Å². The van der Waals surface area contributed by atoms with Gasteiger partial charge in [-0.2, -0.15) is 0 Å². The Morgan fingerprint density at radius 1 is 1.58 bits per heavy atom. The summed E-state index contributed by atoms with van der Waals surface area (Å²) in [4.78, 5) is 13.8. The molecule has 1 unspecified atom stereocenters. The van der Waals surface area contributed by atoms with Gasteiger partial charge in [0.15, 0.2) is 0 Å². The first-order valence-corrected chi connectivity index (χ1v) is 6.12. The zero-order chi connectivity index (χ0) is 13.1. The fourth-order valence-electron chi connectivity index (χ4n) is 2.06. The van der Waals surface area contributed by atoms with E-state index in [-0.39, 0.29) is 24.1 Å². The van der Waals surface area contributed by atoms with E-state index in [1.165, 1.54) is 12.1 Å². The fraction of sp³-hybridized carbons (Fsp3) is 0.462. The number of amides is 1. The summed E-state index contributed by atoms with van der Waals surface area (Å²) in [7, 11) is 0. The molecule has 0 saturated heterocycles. The number of fused-ring (bicyclic) bond motifs is 1. The van der Waals surface area contributed by atoms with Crippen LogP contribution in [0, 0.1) is 5.82 Å². The van der Waals surface area contributed by atoms with Crippen LogP contribution in [-0.4, -0.2) is 25.1 Å². The van der Waals surface area contributed by atoms with Crippen molar-refractivity contribution in [3.63, 3.8) is 0 Å². The van der Waals surface area contributed by atoms with Crippen molar-refractivity contribution >= 4 is 24.0 Å². The van der Waals surface area contributed by atoms with Gasteiger partial charge < -0.3 is 15.4 Å². The van der Waals surface area contributed by atoms with Crippen molar-refractivity contribution in [2.24, 2.45) is 5.73 Å². The van der Waals surface area contributed by atoms with Crippen LogP contribution < -0.4 is 15.4 Å². The summed E-state index contributed by atoms with van der Waals surface area (Å²) >= 11 is 0. The molecule has 0 aliphatic carbocycles. The van der Waals surface area contributed by atoms with Crippen LogP contribution >= 0.6 is 12.4 Å². The number of hydrogen-bond acceptors (Lipinski definition) is 3. The zero-order valence-corrected chi connectivity index (χ0v) is 11.6. The molecule has 1 atom stereocenters. The van der Waals surface area contributed by atoms with E-state index in [1.807, 2.05) is 6.92 Å². The second-order valence-electron chi connectivity index (χ2n) is 4.35. The first-order valence-electron chi connectivity index (χ1n) is 6.12. The highest BCUT2D eigenvalue weighted by Crippen LogP contribution is 2.32. The Morgan fingerprint density at radius 3 is 3.00 bits per heavy atom. The third-order valence-electron chi connectivity index (χ3n) is 2.97. The van der Waals surface area contributed by atoms with E-state index in [9.17, 15) is 9.18 Å². The highest BCUT2D eigenvalue weighted by molar-refractivity contribution is 5.98. The predicted molar refractivity (Wildman–Crippen MR) is 74.4 cm³/mol. The smallest absolute Gasteiger partial charge is 0.244 e. The molecule has 0 fully saturated rings. The van der Waals surface area contributed by atoms with Crippen molar-refractivity contribution < 1.29 is 13.9 Å². The number of nitrogens with zero attached hydrogens (tertiary/aromatic N) is 1. The largest absolute Gasteiger partial charge is 0.489 e. The Morgan fingerprint density at radius 2 is 2.32 bits per heavy atom. The minimum Gasteiger partial charge on any atom is -0.489 e. The van der Waals surface area contributed by atoms with Crippen LogP contribution in [0.3, 0.4) is 0 Å². The van der Waals surface area contributed by atoms with Crippen molar-refractivity contribution in [2.75, 3.05) is 18.1 Å². The van der Waals surface area contributed by atoms with Gasteiger partial charge in [0.25, 0.3) is 0 Å². The Balaban J connectivity index is 0.00000180. The SMILES string of the molecule is CCCC(N)C(=O)N1CCOc2cc(F)ccc21.Cl. The minimum absolute atomic E-state index is 0. The van der Waals surface area contributed by atoms with Crippen LogP contribution in [0.4, 0.5) is 10.1 Å². The molecule has 1 aromatic carbocycles. The number of ether oxygens (including phenoxy) is 1. The number of carbonyl (C=O) groups is 1. The summed E-state index contributed by atoms with van der Waals surface area (Å²) in [5, 5.41) is 0. The molecular formula is C13H18ClFN2O2. The summed E-state index contributed by atoms with van der Waals surface area (Å²) in [6, 6.07) is 3.66. The van der Waals surface area contributed by atoms with E-state index in [1.54, 1.807) is 11.0 Å².